The monoisotopic (exact) mass is 284 g/mol. The van der Waals surface area contributed by atoms with Gasteiger partial charge in [-0.15, -0.1) is 0 Å². The molecule has 0 spiro atoms. The van der Waals surface area contributed by atoms with Crippen LogP contribution in [0.4, 0.5) is 0 Å². The third-order valence-electron chi connectivity index (χ3n) is 5.16. The Hall–Kier alpha value is -0.120. The zero-order valence-corrected chi connectivity index (χ0v) is 13.3. The Morgan fingerprint density at radius 3 is 2.15 bits per heavy atom. The lowest BCUT2D eigenvalue weighted by Gasteiger charge is -2.47. The summed E-state index contributed by atoms with van der Waals surface area (Å²) in [5.74, 6) is 2.88. The van der Waals surface area contributed by atoms with Crippen molar-refractivity contribution in [2.45, 2.75) is 52.4 Å². The minimum atomic E-state index is 0.0965. The average molecular weight is 284 g/mol. The molecule has 2 rings (SSSR count). The summed E-state index contributed by atoms with van der Waals surface area (Å²) in [5.41, 5.74) is 0.500. The smallest absolute Gasteiger partial charge is 0.0701 e. The largest absolute Gasteiger partial charge is 0.394 e. The summed E-state index contributed by atoms with van der Waals surface area (Å²) in [5, 5.41) is 8.60. The van der Waals surface area contributed by atoms with Crippen LogP contribution in [0, 0.1) is 23.2 Å². The average Bonchev–Trinajstić information content (AvgIpc) is 2.35. The van der Waals surface area contributed by atoms with E-state index in [0.29, 0.717) is 25.2 Å². The maximum absolute atomic E-state index is 8.60. The molecular weight excluding hydrogens is 252 g/mol. The summed E-state index contributed by atoms with van der Waals surface area (Å²) in [7, 11) is 0. The van der Waals surface area contributed by atoms with Crippen molar-refractivity contribution in [1.82, 2.24) is 0 Å². The Bertz CT molecular complexity index is 261. The van der Waals surface area contributed by atoms with Crippen LogP contribution in [-0.4, -0.2) is 38.1 Å². The van der Waals surface area contributed by atoms with Gasteiger partial charge in [0.05, 0.1) is 26.4 Å². The van der Waals surface area contributed by atoms with E-state index >= 15 is 0 Å². The topological polar surface area (TPSA) is 38.7 Å². The molecule has 0 aromatic carbocycles. The van der Waals surface area contributed by atoms with Gasteiger partial charge in [0.2, 0.25) is 0 Å². The lowest BCUT2D eigenvalue weighted by atomic mass is 9.59. The first-order valence-corrected chi connectivity index (χ1v) is 8.37. The second-order valence-electron chi connectivity index (χ2n) is 7.46. The van der Waals surface area contributed by atoms with Gasteiger partial charge in [0, 0.05) is 6.61 Å². The highest BCUT2D eigenvalue weighted by Crippen LogP contribution is 2.51. The van der Waals surface area contributed by atoms with Crippen molar-refractivity contribution in [3.8, 4) is 0 Å². The number of ether oxygens (including phenoxy) is 2. The first kappa shape index (κ1) is 16.3. The first-order valence-electron chi connectivity index (χ1n) is 8.37. The van der Waals surface area contributed by atoms with Crippen LogP contribution in [0.25, 0.3) is 0 Å². The molecule has 20 heavy (non-hydrogen) atoms. The van der Waals surface area contributed by atoms with Crippen LogP contribution >= 0.6 is 0 Å². The molecule has 0 saturated heterocycles. The van der Waals surface area contributed by atoms with Crippen molar-refractivity contribution in [3.05, 3.63) is 0 Å². The second kappa shape index (κ2) is 7.77. The normalized spacial score (nSPS) is 37.0. The van der Waals surface area contributed by atoms with Crippen LogP contribution in [0.3, 0.4) is 0 Å². The minimum Gasteiger partial charge on any atom is -0.394 e. The Morgan fingerprint density at radius 2 is 1.55 bits per heavy atom. The molecule has 2 aliphatic rings. The van der Waals surface area contributed by atoms with Gasteiger partial charge in [-0.2, -0.15) is 0 Å². The predicted molar refractivity (Wildman–Crippen MR) is 80.7 cm³/mol. The Morgan fingerprint density at radius 1 is 0.950 bits per heavy atom. The standard InChI is InChI=1S/C17H32O3/c1-14-9-15-11-16(10-14)13-17(2,12-15)3-5-19-7-8-20-6-4-18/h14-16,18H,3-13H2,1-2H3. The fourth-order valence-corrected chi connectivity index (χ4v) is 4.62. The lowest BCUT2D eigenvalue weighted by molar-refractivity contribution is -0.00143. The van der Waals surface area contributed by atoms with Crippen LogP contribution in [-0.2, 0) is 9.47 Å². The fourth-order valence-electron chi connectivity index (χ4n) is 4.62. The maximum Gasteiger partial charge on any atom is 0.0701 e. The molecule has 118 valence electrons. The molecule has 2 saturated carbocycles. The van der Waals surface area contributed by atoms with E-state index in [0.717, 1.165) is 24.4 Å². The van der Waals surface area contributed by atoms with E-state index in [1.807, 2.05) is 0 Å². The molecule has 2 aliphatic carbocycles. The number of rotatable bonds is 8. The van der Waals surface area contributed by atoms with Gasteiger partial charge in [-0.1, -0.05) is 13.8 Å². The molecule has 2 unspecified atom stereocenters. The highest BCUT2D eigenvalue weighted by Gasteiger charge is 2.40. The van der Waals surface area contributed by atoms with Gasteiger partial charge in [0.25, 0.3) is 0 Å². The van der Waals surface area contributed by atoms with E-state index in [4.69, 9.17) is 14.6 Å². The molecule has 1 N–H and O–H groups in total. The highest BCUT2D eigenvalue weighted by atomic mass is 16.5. The second-order valence-corrected chi connectivity index (χ2v) is 7.46. The lowest BCUT2D eigenvalue weighted by Crippen LogP contribution is -2.36. The third-order valence-corrected chi connectivity index (χ3v) is 5.16. The number of hydrogen-bond donors (Lipinski definition) is 1. The van der Waals surface area contributed by atoms with Gasteiger partial charge >= 0.3 is 0 Å². The third kappa shape index (κ3) is 5.01. The van der Waals surface area contributed by atoms with E-state index in [2.05, 4.69) is 13.8 Å². The summed E-state index contributed by atoms with van der Waals surface area (Å²) in [6, 6.07) is 0. The molecule has 2 fully saturated rings. The predicted octanol–water partition coefficient (Wildman–Crippen LogP) is 3.25. The van der Waals surface area contributed by atoms with Gasteiger partial charge in [0.15, 0.2) is 0 Å². The summed E-state index contributed by atoms with van der Waals surface area (Å²) < 4.78 is 10.9. The molecule has 0 amide bonds. The molecule has 3 nitrogen and oxygen atoms in total. The number of fused-ring (bicyclic) bond motifs is 2. The summed E-state index contributed by atoms with van der Waals surface area (Å²) in [6.45, 7) is 7.51. The molecule has 2 atom stereocenters. The number of hydrogen-bond acceptors (Lipinski definition) is 3. The molecule has 0 radical (unpaired) electrons. The van der Waals surface area contributed by atoms with Crippen molar-refractivity contribution in [2.75, 3.05) is 33.0 Å². The quantitative estimate of drug-likeness (QED) is 0.695. The molecule has 2 bridgehead atoms. The zero-order chi connectivity index (χ0) is 14.4. The van der Waals surface area contributed by atoms with Gasteiger partial charge in [0.1, 0.15) is 0 Å². The van der Waals surface area contributed by atoms with Crippen LogP contribution in [0.5, 0.6) is 0 Å². The van der Waals surface area contributed by atoms with Crippen LogP contribution in [0.15, 0.2) is 0 Å². The fraction of sp³-hybridized carbons (Fsp3) is 1.00. The highest BCUT2D eigenvalue weighted by molar-refractivity contribution is 4.91. The Kier molecular flexibility index (Phi) is 6.31. The van der Waals surface area contributed by atoms with Gasteiger partial charge in [-0.25, -0.2) is 0 Å². The van der Waals surface area contributed by atoms with E-state index in [1.54, 1.807) is 0 Å². The Balaban J connectivity index is 1.62. The number of aliphatic hydroxyl groups excluding tert-OH is 1. The first-order chi connectivity index (χ1) is 9.61. The van der Waals surface area contributed by atoms with Gasteiger partial charge < -0.3 is 14.6 Å². The van der Waals surface area contributed by atoms with Crippen LogP contribution in [0.1, 0.15) is 52.4 Å². The molecule has 3 heteroatoms. The summed E-state index contributed by atoms with van der Waals surface area (Å²) in [6.07, 6.45) is 8.37. The van der Waals surface area contributed by atoms with Crippen molar-refractivity contribution >= 4 is 0 Å². The van der Waals surface area contributed by atoms with E-state index < -0.39 is 0 Å². The molecule has 0 aromatic rings. The van der Waals surface area contributed by atoms with Crippen molar-refractivity contribution in [2.24, 2.45) is 23.2 Å². The summed E-state index contributed by atoms with van der Waals surface area (Å²) in [4.78, 5) is 0. The molecule has 0 heterocycles. The Labute approximate surface area is 124 Å². The SMILES string of the molecule is CC1CC2CC(C1)CC(C)(CCOCCOCCO)C2. The molecular formula is C17H32O3. The number of aliphatic hydroxyl groups is 1. The van der Waals surface area contributed by atoms with Crippen molar-refractivity contribution < 1.29 is 14.6 Å². The van der Waals surface area contributed by atoms with E-state index in [-0.39, 0.29) is 6.61 Å². The van der Waals surface area contributed by atoms with Crippen molar-refractivity contribution in [3.63, 3.8) is 0 Å². The van der Waals surface area contributed by atoms with Crippen LogP contribution in [0.2, 0.25) is 0 Å². The van der Waals surface area contributed by atoms with E-state index in [9.17, 15) is 0 Å². The molecule has 0 aliphatic heterocycles. The molecule has 0 aromatic heterocycles. The van der Waals surface area contributed by atoms with Gasteiger partial charge in [-0.05, 0) is 61.7 Å². The minimum absolute atomic E-state index is 0.0965. The van der Waals surface area contributed by atoms with Crippen molar-refractivity contribution in [1.29, 1.82) is 0 Å². The maximum atomic E-state index is 8.60. The summed E-state index contributed by atoms with van der Waals surface area (Å²) >= 11 is 0. The van der Waals surface area contributed by atoms with Gasteiger partial charge in [-0.3, -0.25) is 0 Å². The zero-order valence-electron chi connectivity index (χ0n) is 13.3. The van der Waals surface area contributed by atoms with E-state index in [1.165, 1.54) is 38.5 Å². The van der Waals surface area contributed by atoms with Crippen LogP contribution < -0.4 is 0 Å².